The van der Waals surface area contributed by atoms with E-state index in [1.807, 2.05) is 7.05 Å². The molecule has 0 saturated carbocycles. The Labute approximate surface area is 104 Å². The summed E-state index contributed by atoms with van der Waals surface area (Å²) in [5.41, 5.74) is 0. The van der Waals surface area contributed by atoms with Crippen LogP contribution in [0.3, 0.4) is 0 Å². The van der Waals surface area contributed by atoms with Crippen molar-refractivity contribution >= 4 is 21.6 Å². The molecule has 0 aromatic heterocycles. The third-order valence-corrected chi connectivity index (χ3v) is 4.20. The molecule has 0 aliphatic carbocycles. The molecule has 0 aromatic rings. The summed E-state index contributed by atoms with van der Waals surface area (Å²) >= 11 is 5.49. The van der Waals surface area contributed by atoms with Crippen LogP contribution in [0.25, 0.3) is 0 Å². The van der Waals surface area contributed by atoms with Gasteiger partial charge in [0, 0.05) is 25.0 Å². The molecular formula is C10H23ClN2O2S. The first-order valence-electron chi connectivity index (χ1n) is 5.62. The highest BCUT2D eigenvalue weighted by molar-refractivity contribution is 7.89. The van der Waals surface area contributed by atoms with Gasteiger partial charge in [-0.1, -0.05) is 0 Å². The summed E-state index contributed by atoms with van der Waals surface area (Å²) in [5, 5.41) is 0. The second-order valence-electron chi connectivity index (χ2n) is 4.18. The number of nitrogens with zero attached hydrogens (tertiary/aromatic N) is 1. The van der Waals surface area contributed by atoms with Crippen molar-refractivity contribution < 1.29 is 8.42 Å². The van der Waals surface area contributed by atoms with Crippen molar-refractivity contribution in [1.29, 1.82) is 0 Å². The van der Waals surface area contributed by atoms with Crippen molar-refractivity contribution in [2.75, 3.05) is 31.8 Å². The molecule has 0 spiro atoms. The summed E-state index contributed by atoms with van der Waals surface area (Å²) in [5.74, 6) is 0.691. The molecule has 0 aliphatic rings. The molecule has 0 radical (unpaired) electrons. The van der Waals surface area contributed by atoms with E-state index in [9.17, 15) is 8.42 Å². The Balaban J connectivity index is 3.74. The molecule has 0 saturated heterocycles. The number of halogens is 1. The maximum atomic E-state index is 11.5. The monoisotopic (exact) mass is 270 g/mol. The van der Waals surface area contributed by atoms with E-state index in [1.165, 1.54) is 0 Å². The van der Waals surface area contributed by atoms with Crippen LogP contribution in [0.5, 0.6) is 0 Å². The summed E-state index contributed by atoms with van der Waals surface area (Å²) in [4.78, 5) is 2.10. The highest BCUT2D eigenvalue weighted by Crippen LogP contribution is 1.97. The van der Waals surface area contributed by atoms with Gasteiger partial charge in [-0.05, 0) is 33.7 Å². The zero-order valence-electron chi connectivity index (χ0n) is 10.4. The smallest absolute Gasteiger partial charge is 0.211 e. The average molecular weight is 271 g/mol. The molecular weight excluding hydrogens is 248 g/mol. The summed E-state index contributed by atoms with van der Waals surface area (Å²) in [6.07, 6.45) is 1.37. The fraction of sp³-hybridized carbons (Fsp3) is 1.00. The SMILES string of the molecule is CC(C)N(C)CCNS(=O)(=O)CCCCCl. The van der Waals surface area contributed by atoms with Crippen molar-refractivity contribution in [2.45, 2.75) is 32.7 Å². The van der Waals surface area contributed by atoms with Gasteiger partial charge in [-0.2, -0.15) is 0 Å². The molecule has 0 heterocycles. The third kappa shape index (κ3) is 8.33. The molecule has 4 nitrogen and oxygen atoms in total. The van der Waals surface area contributed by atoms with E-state index in [-0.39, 0.29) is 5.75 Å². The molecule has 0 fully saturated rings. The van der Waals surface area contributed by atoms with Gasteiger partial charge < -0.3 is 4.90 Å². The van der Waals surface area contributed by atoms with E-state index in [1.54, 1.807) is 0 Å². The first-order chi connectivity index (χ1) is 7.39. The Morgan fingerprint density at radius 3 is 2.44 bits per heavy atom. The molecule has 16 heavy (non-hydrogen) atoms. The number of alkyl halides is 1. The fourth-order valence-electron chi connectivity index (χ4n) is 1.09. The second-order valence-corrected chi connectivity index (χ2v) is 6.49. The first kappa shape index (κ1) is 16.2. The van der Waals surface area contributed by atoms with E-state index in [0.29, 0.717) is 24.9 Å². The minimum atomic E-state index is -3.11. The highest BCUT2D eigenvalue weighted by atomic mass is 35.5. The van der Waals surface area contributed by atoms with Crippen LogP contribution in [0.2, 0.25) is 0 Å². The van der Waals surface area contributed by atoms with Crippen LogP contribution < -0.4 is 4.72 Å². The van der Waals surface area contributed by atoms with Crippen molar-refractivity contribution in [3.05, 3.63) is 0 Å². The maximum Gasteiger partial charge on any atom is 0.211 e. The molecule has 0 amide bonds. The predicted octanol–water partition coefficient (Wildman–Crippen LogP) is 1.26. The number of sulfonamides is 1. The predicted molar refractivity (Wildman–Crippen MR) is 69.5 cm³/mol. The summed E-state index contributed by atoms with van der Waals surface area (Å²) < 4.78 is 25.6. The Hall–Kier alpha value is 0.160. The fourth-order valence-corrected chi connectivity index (χ4v) is 2.41. The number of likely N-dealkylation sites (N-methyl/N-ethyl adjacent to an activating group) is 1. The third-order valence-electron chi connectivity index (χ3n) is 2.46. The van der Waals surface area contributed by atoms with Crippen LogP contribution in [0.15, 0.2) is 0 Å². The summed E-state index contributed by atoms with van der Waals surface area (Å²) in [6, 6.07) is 0.431. The van der Waals surface area contributed by atoms with Gasteiger partial charge in [0.2, 0.25) is 10.0 Å². The lowest BCUT2D eigenvalue weighted by molar-refractivity contribution is 0.278. The van der Waals surface area contributed by atoms with E-state index < -0.39 is 10.0 Å². The van der Waals surface area contributed by atoms with Crippen molar-refractivity contribution in [3.63, 3.8) is 0 Å². The topological polar surface area (TPSA) is 49.4 Å². The lowest BCUT2D eigenvalue weighted by Crippen LogP contribution is -2.36. The number of rotatable bonds is 9. The number of unbranched alkanes of at least 4 members (excludes halogenated alkanes) is 1. The van der Waals surface area contributed by atoms with Crippen molar-refractivity contribution in [1.82, 2.24) is 9.62 Å². The van der Waals surface area contributed by atoms with E-state index >= 15 is 0 Å². The molecule has 98 valence electrons. The van der Waals surface area contributed by atoms with Crippen LogP contribution >= 0.6 is 11.6 Å². The maximum absolute atomic E-state index is 11.5. The molecule has 0 rings (SSSR count). The Bertz CT molecular complexity index is 268. The Morgan fingerprint density at radius 1 is 1.31 bits per heavy atom. The lowest BCUT2D eigenvalue weighted by Gasteiger charge is -2.20. The zero-order chi connectivity index (χ0) is 12.6. The normalized spacial score (nSPS) is 12.6. The number of hydrogen-bond acceptors (Lipinski definition) is 3. The standard InChI is InChI=1S/C10H23ClN2O2S/c1-10(2)13(3)8-7-12-16(14,15)9-5-4-6-11/h10,12H,4-9H2,1-3H3. The summed E-state index contributed by atoms with van der Waals surface area (Å²) in [7, 11) is -1.13. The van der Waals surface area contributed by atoms with Gasteiger partial charge in [0.25, 0.3) is 0 Å². The van der Waals surface area contributed by atoms with Crippen LogP contribution in [-0.4, -0.2) is 51.1 Å². The van der Waals surface area contributed by atoms with Gasteiger partial charge >= 0.3 is 0 Å². The highest BCUT2D eigenvalue weighted by Gasteiger charge is 2.10. The quantitative estimate of drug-likeness (QED) is 0.507. The van der Waals surface area contributed by atoms with Gasteiger partial charge in [0.15, 0.2) is 0 Å². The van der Waals surface area contributed by atoms with E-state index in [4.69, 9.17) is 11.6 Å². The zero-order valence-corrected chi connectivity index (χ0v) is 11.9. The molecule has 0 atom stereocenters. The molecule has 0 aromatic carbocycles. The minimum Gasteiger partial charge on any atom is -0.303 e. The molecule has 6 heteroatoms. The van der Waals surface area contributed by atoms with Gasteiger partial charge in [-0.25, -0.2) is 13.1 Å². The molecule has 0 unspecified atom stereocenters. The van der Waals surface area contributed by atoms with Gasteiger partial charge in [-0.15, -0.1) is 11.6 Å². The van der Waals surface area contributed by atoms with Gasteiger partial charge in [-0.3, -0.25) is 0 Å². The van der Waals surface area contributed by atoms with Crippen LogP contribution in [0.4, 0.5) is 0 Å². The van der Waals surface area contributed by atoms with Crippen molar-refractivity contribution in [2.24, 2.45) is 0 Å². The molecule has 0 aliphatic heterocycles. The largest absolute Gasteiger partial charge is 0.303 e. The molecule has 0 bridgehead atoms. The minimum absolute atomic E-state index is 0.172. The number of hydrogen-bond donors (Lipinski definition) is 1. The van der Waals surface area contributed by atoms with E-state index in [2.05, 4.69) is 23.5 Å². The van der Waals surface area contributed by atoms with Crippen LogP contribution in [-0.2, 0) is 10.0 Å². The van der Waals surface area contributed by atoms with Crippen LogP contribution in [0, 0.1) is 0 Å². The van der Waals surface area contributed by atoms with E-state index in [0.717, 1.165) is 13.0 Å². The van der Waals surface area contributed by atoms with Crippen LogP contribution in [0.1, 0.15) is 26.7 Å². The summed E-state index contributed by atoms with van der Waals surface area (Å²) in [6.45, 7) is 5.36. The second kappa shape index (κ2) is 8.28. The molecule has 1 N–H and O–H groups in total. The van der Waals surface area contributed by atoms with Gasteiger partial charge in [0.05, 0.1) is 5.75 Å². The Kier molecular flexibility index (Phi) is 8.36. The Morgan fingerprint density at radius 2 is 1.94 bits per heavy atom. The van der Waals surface area contributed by atoms with Crippen molar-refractivity contribution in [3.8, 4) is 0 Å². The average Bonchev–Trinajstić information content (AvgIpc) is 2.17. The number of nitrogens with one attached hydrogen (secondary N) is 1. The lowest BCUT2D eigenvalue weighted by atomic mass is 10.3. The first-order valence-corrected chi connectivity index (χ1v) is 7.81. The van der Waals surface area contributed by atoms with Gasteiger partial charge in [0.1, 0.15) is 0 Å².